The third-order valence-corrected chi connectivity index (χ3v) is 2.90. The SMILES string of the molecule is CCC(C)C(O)CNC(=O)/C=C/c1cccnc1. The molecule has 1 heterocycles. The van der Waals surface area contributed by atoms with E-state index in [1.165, 1.54) is 6.08 Å². The summed E-state index contributed by atoms with van der Waals surface area (Å²) in [6.45, 7) is 4.26. The van der Waals surface area contributed by atoms with E-state index >= 15 is 0 Å². The molecule has 0 aliphatic rings. The van der Waals surface area contributed by atoms with E-state index in [1.54, 1.807) is 18.5 Å². The smallest absolute Gasteiger partial charge is 0.244 e. The normalized spacial score (nSPS) is 14.4. The highest BCUT2D eigenvalue weighted by Gasteiger charge is 2.12. The number of nitrogens with zero attached hydrogens (tertiary/aromatic N) is 1. The second-order valence-corrected chi connectivity index (χ2v) is 4.32. The van der Waals surface area contributed by atoms with Gasteiger partial charge in [0.2, 0.25) is 5.91 Å². The first kappa shape index (κ1) is 14.4. The zero-order valence-electron chi connectivity index (χ0n) is 10.8. The number of carbonyl (C=O) groups excluding carboxylic acids is 1. The van der Waals surface area contributed by atoms with E-state index in [2.05, 4.69) is 10.3 Å². The maximum Gasteiger partial charge on any atom is 0.244 e. The lowest BCUT2D eigenvalue weighted by Gasteiger charge is -2.16. The Kier molecular flexibility index (Phi) is 6.08. The van der Waals surface area contributed by atoms with Gasteiger partial charge in [-0.15, -0.1) is 0 Å². The number of pyridine rings is 1. The Morgan fingerprint density at radius 3 is 3.00 bits per heavy atom. The van der Waals surface area contributed by atoms with Gasteiger partial charge in [0.1, 0.15) is 0 Å². The number of hydrogen-bond donors (Lipinski definition) is 2. The van der Waals surface area contributed by atoms with Crippen molar-refractivity contribution in [1.29, 1.82) is 0 Å². The van der Waals surface area contributed by atoms with Crippen molar-refractivity contribution in [2.45, 2.75) is 26.4 Å². The van der Waals surface area contributed by atoms with Crippen LogP contribution in [0.2, 0.25) is 0 Å². The van der Waals surface area contributed by atoms with Crippen molar-refractivity contribution in [3.8, 4) is 0 Å². The fourth-order valence-electron chi connectivity index (χ4n) is 1.38. The van der Waals surface area contributed by atoms with Gasteiger partial charge in [-0.1, -0.05) is 26.3 Å². The maximum atomic E-state index is 11.5. The fraction of sp³-hybridized carbons (Fsp3) is 0.429. The van der Waals surface area contributed by atoms with Crippen molar-refractivity contribution >= 4 is 12.0 Å². The third kappa shape index (κ3) is 5.10. The number of rotatable bonds is 6. The van der Waals surface area contributed by atoms with Crippen LogP contribution >= 0.6 is 0 Å². The molecule has 4 nitrogen and oxygen atoms in total. The number of amides is 1. The van der Waals surface area contributed by atoms with Gasteiger partial charge in [-0.3, -0.25) is 9.78 Å². The fourth-order valence-corrected chi connectivity index (χ4v) is 1.38. The monoisotopic (exact) mass is 248 g/mol. The second-order valence-electron chi connectivity index (χ2n) is 4.32. The second kappa shape index (κ2) is 7.61. The predicted molar refractivity (Wildman–Crippen MR) is 71.7 cm³/mol. The van der Waals surface area contributed by atoms with Crippen LogP contribution in [0.1, 0.15) is 25.8 Å². The van der Waals surface area contributed by atoms with Crippen LogP contribution < -0.4 is 5.32 Å². The minimum absolute atomic E-state index is 0.188. The van der Waals surface area contributed by atoms with Gasteiger partial charge in [-0.2, -0.15) is 0 Å². The van der Waals surface area contributed by atoms with Crippen LogP contribution in [-0.4, -0.2) is 28.6 Å². The summed E-state index contributed by atoms with van der Waals surface area (Å²) in [5.74, 6) is -0.0196. The molecule has 1 amide bonds. The van der Waals surface area contributed by atoms with Gasteiger partial charge in [0.15, 0.2) is 0 Å². The molecule has 0 spiro atoms. The largest absolute Gasteiger partial charge is 0.391 e. The van der Waals surface area contributed by atoms with Crippen molar-refractivity contribution in [3.63, 3.8) is 0 Å². The molecule has 2 atom stereocenters. The van der Waals surface area contributed by atoms with Gasteiger partial charge in [0.25, 0.3) is 0 Å². The molecule has 0 bridgehead atoms. The summed E-state index contributed by atoms with van der Waals surface area (Å²) in [5, 5.41) is 12.4. The molecule has 98 valence electrons. The lowest BCUT2D eigenvalue weighted by molar-refractivity contribution is -0.117. The first-order valence-corrected chi connectivity index (χ1v) is 6.17. The third-order valence-electron chi connectivity index (χ3n) is 2.90. The van der Waals surface area contributed by atoms with Crippen molar-refractivity contribution in [2.24, 2.45) is 5.92 Å². The highest BCUT2D eigenvalue weighted by Crippen LogP contribution is 2.06. The minimum Gasteiger partial charge on any atom is -0.391 e. The Bertz CT molecular complexity index is 390. The van der Waals surface area contributed by atoms with E-state index in [-0.39, 0.29) is 18.4 Å². The van der Waals surface area contributed by atoms with E-state index in [0.29, 0.717) is 0 Å². The van der Waals surface area contributed by atoms with E-state index in [4.69, 9.17) is 0 Å². The van der Waals surface area contributed by atoms with E-state index in [1.807, 2.05) is 26.0 Å². The molecule has 1 rings (SSSR count). The first-order chi connectivity index (χ1) is 8.63. The molecule has 0 aliphatic heterocycles. The molecule has 1 aromatic heterocycles. The molecule has 0 radical (unpaired) electrons. The van der Waals surface area contributed by atoms with E-state index in [9.17, 15) is 9.90 Å². The van der Waals surface area contributed by atoms with Gasteiger partial charge < -0.3 is 10.4 Å². The van der Waals surface area contributed by atoms with Crippen LogP contribution in [0.25, 0.3) is 6.08 Å². The summed E-state index contributed by atoms with van der Waals surface area (Å²) in [5.41, 5.74) is 0.870. The standard InChI is InChI=1S/C14H20N2O2/c1-3-11(2)13(17)10-16-14(18)7-6-12-5-4-8-15-9-12/h4-9,11,13,17H,3,10H2,1-2H3,(H,16,18)/b7-6+. The van der Waals surface area contributed by atoms with Gasteiger partial charge >= 0.3 is 0 Å². The Morgan fingerprint density at radius 1 is 1.61 bits per heavy atom. The quantitative estimate of drug-likeness (QED) is 0.752. The zero-order valence-corrected chi connectivity index (χ0v) is 10.8. The van der Waals surface area contributed by atoms with Crippen LogP contribution in [0.5, 0.6) is 0 Å². The Balaban J connectivity index is 2.36. The van der Waals surface area contributed by atoms with Crippen molar-refractivity contribution < 1.29 is 9.90 Å². The maximum absolute atomic E-state index is 11.5. The average molecular weight is 248 g/mol. The van der Waals surface area contributed by atoms with Crippen LogP contribution in [0, 0.1) is 5.92 Å². The van der Waals surface area contributed by atoms with Crippen molar-refractivity contribution in [2.75, 3.05) is 6.54 Å². The summed E-state index contributed by atoms with van der Waals surface area (Å²) < 4.78 is 0. The zero-order chi connectivity index (χ0) is 13.4. The highest BCUT2D eigenvalue weighted by molar-refractivity contribution is 5.91. The highest BCUT2D eigenvalue weighted by atomic mass is 16.3. The summed E-state index contributed by atoms with van der Waals surface area (Å²) in [7, 11) is 0. The summed E-state index contributed by atoms with van der Waals surface area (Å²) in [6, 6.07) is 3.68. The molecule has 2 N–H and O–H groups in total. The molecule has 18 heavy (non-hydrogen) atoms. The van der Waals surface area contributed by atoms with Gasteiger partial charge in [-0.25, -0.2) is 0 Å². The van der Waals surface area contributed by atoms with Crippen LogP contribution in [0.15, 0.2) is 30.6 Å². The number of nitrogens with one attached hydrogen (secondary N) is 1. The number of aliphatic hydroxyl groups is 1. The number of carbonyl (C=O) groups is 1. The van der Waals surface area contributed by atoms with E-state index in [0.717, 1.165) is 12.0 Å². The topological polar surface area (TPSA) is 62.2 Å². The average Bonchev–Trinajstić information content (AvgIpc) is 2.42. The number of aromatic nitrogens is 1. The lowest BCUT2D eigenvalue weighted by Crippen LogP contribution is -2.34. The molecule has 1 aromatic rings. The summed E-state index contributed by atoms with van der Waals surface area (Å²) in [4.78, 5) is 15.5. The van der Waals surface area contributed by atoms with Gasteiger partial charge in [0, 0.05) is 25.0 Å². The molecular formula is C14H20N2O2. The van der Waals surface area contributed by atoms with Gasteiger partial charge in [0.05, 0.1) is 6.10 Å². The minimum atomic E-state index is -0.495. The van der Waals surface area contributed by atoms with Crippen molar-refractivity contribution in [3.05, 3.63) is 36.2 Å². The Hall–Kier alpha value is -1.68. The van der Waals surface area contributed by atoms with Crippen LogP contribution in [-0.2, 0) is 4.79 Å². The first-order valence-electron chi connectivity index (χ1n) is 6.17. The van der Waals surface area contributed by atoms with E-state index < -0.39 is 6.10 Å². The molecule has 0 aromatic carbocycles. The molecule has 0 saturated carbocycles. The Morgan fingerprint density at radius 2 is 2.39 bits per heavy atom. The molecule has 0 saturated heterocycles. The number of aliphatic hydroxyl groups excluding tert-OH is 1. The molecule has 2 unspecified atom stereocenters. The van der Waals surface area contributed by atoms with Gasteiger partial charge in [-0.05, 0) is 23.6 Å². The summed E-state index contributed by atoms with van der Waals surface area (Å²) >= 11 is 0. The lowest BCUT2D eigenvalue weighted by atomic mass is 10.0. The predicted octanol–water partition coefficient (Wildman–Crippen LogP) is 1.62. The molecule has 0 aliphatic carbocycles. The van der Waals surface area contributed by atoms with Crippen LogP contribution in [0.4, 0.5) is 0 Å². The molecule has 4 heteroatoms. The van der Waals surface area contributed by atoms with Crippen molar-refractivity contribution in [1.82, 2.24) is 10.3 Å². The molecular weight excluding hydrogens is 228 g/mol. The van der Waals surface area contributed by atoms with Crippen LogP contribution in [0.3, 0.4) is 0 Å². The Labute approximate surface area is 108 Å². The number of hydrogen-bond acceptors (Lipinski definition) is 3. The molecule has 0 fully saturated rings. The summed E-state index contributed by atoms with van der Waals surface area (Å²) in [6.07, 6.45) is 6.89.